The van der Waals surface area contributed by atoms with Gasteiger partial charge in [0.05, 0.1) is 24.2 Å². The summed E-state index contributed by atoms with van der Waals surface area (Å²) in [5.74, 6) is 0.573. The Balaban J connectivity index is 2.41. The van der Waals surface area contributed by atoms with E-state index in [1.54, 1.807) is 12.4 Å². The van der Waals surface area contributed by atoms with Crippen molar-refractivity contribution in [2.75, 3.05) is 0 Å². The quantitative estimate of drug-likeness (QED) is 0.825. The minimum absolute atomic E-state index is 0.105. The first-order valence-electron chi connectivity index (χ1n) is 6.13. The molecule has 2 rings (SSSR count). The van der Waals surface area contributed by atoms with Gasteiger partial charge in [-0.1, -0.05) is 18.2 Å². The number of aromatic nitrogens is 2. The van der Waals surface area contributed by atoms with Crippen LogP contribution in [0.2, 0.25) is 0 Å². The van der Waals surface area contributed by atoms with E-state index < -0.39 is 0 Å². The number of aryl methyl sites for hydroxylation is 1. The molecular weight excluding hydrogens is 224 g/mol. The number of hydrogen-bond donors (Lipinski definition) is 0. The topological polar surface area (TPSA) is 35.0 Å². The second-order valence-electron chi connectivity index (χ2n) is 4.66. The van der Waals surface area contributed by atoms with Gasteiger partial charge in [-0.3, -0.25) is 4.98 Å². The lowest BCUT2D eigenvalue weighted by atomic mass is 10.0. The molecule has 0 saturated heterocycles. The van der Waals surface area contributed by atoms with Crippen molar-refractivity contribution in [2.45, 2.75) is 33.8 Å². The van der Waals surface area contributed by atoms with Crippen molar-refractivity contribution in [3.8, 4) is 17.1 Å². The fourth-order valence-corrected chi connectivity index (χ4v) is 1.80. The van der Waals surface area contributed by atoms with Gasteiger partial charge in [0.15, 0.2) is 0 Å². The highest BCUT2D eigenvalue weighted by atomic mass is 16.5. The fourth-order valence-electron chi connectivity index (χ4n) is 1.80. The summed E-state index contributed by atoms with van der Waals surface area (Å²) in [5, 5.41) is 0. The van der Waals surface area contributed by atoms with Crippen LogP contribution in [0, 0.1) is 13.8 Å². The predicted octanol–water partition coefficient (Wildman–Crippen LogP) is 3.55. The summed E-state index contributed by atoms with van der Waals surface area (Å²) in [5.41, 5.74) is 4.45. The molecule has 1 aromatic carbocycles. The average molecular weight is 242 g/mol. The van der Waals surface area contributed by atoms with E-state index in [9.17, 15) is 0 Å². The van der Waals surface area contributed by atoms with E-state index in [1.807, 2.05) is 19.9 Å². The Morgan fingerprint density at radius 2 is 1.89 bits per heavy atom. The Morgan fingerprint density at radius 3 is 2.61 bits per heavy atom. The first-order valence-corrected chi connectivity index (χ1v) is 6.13. The highest BCUT2D eigenvalue weighted by molar-refractivity contribution is 5.64. The standard InChI is InChI=1S/C15H18N2O/c1-10(2)18-15-9-16-8-14(17-15)13-7-5-6-11(3)12(13)4/h5-10H,1-4H3. The van der Waals surface area contributed by atoms with Crippen molar-refractivity contribution < 1.29 is 4.74 Å². The molecule has 0 spiro atoms. The Kier molecular flexibility index (Phi) is 3.60. The van der Waals surface area contributed by atoms with Crippen LogP contribution in [0.5, 0.6) is 5.88 Å². The molecule has 0 saturated carbocycles. The molecule has 0 aliphatic rings. The van der Waals surface area contributed by atoms with E-state index in [4.69, 9.17) is 4.74 Å². The predicted molar refractivity (Wildman–Crippen MR) is 72.7 cm³/mol. The van der Waals surface area contributed by atoms with E-state index >= 15 is 0 Å². The highest BCUT2D eigenvalue weighted by Crippen LogP contribution is 2.24. The van der Waals surface area contributed by atoms with Gasteiger partial charge in [0.25, 0.3) is 0 Å². The second-order valence-corrected chi connectivity index (χ2v) is 4.66. The third-order valence-corrected chi connectivity index (χ3v) is 2.85. The van der Waals surface area contributed by atoms with Gasteiger partial charge >= 0.3 is 0 Å². The zero-order chi connectivity index (χ0) is 13.1. The van der Waals surface area contributed by atoms with Crippen LogP contribution >= 0.6 is 0 Å². The molecule has 0 bridgehead atoms. The van der Waals surface area contributed by atoms with Gasteiger partial charge in [-0.15, -0.1) is 0 Å². The van der Waals surface area contributed by atoms with Gasteiger partial charge in [0, 0.05) is 5.56 Å². The number of nitrogens with zero attached hydrogens (tertiary/aromatic N) is 2. The number of hydrogen-bond acceptors (Lipinski definition) is 3. The molecule has 0 aliphatic heterocycles. The molecule has 0 N–H and O–H groups in total. The van der Waals surface area contributed by atoms with E-state index in [0.29, 0.717) is 5.88 Å². The fraction of sp³-hybridized carbons (Fsp3) is 0.333. The molecule has 0 radical (unpaired) electrons. The molecular formula is C15H18N2O. The van der Waals surface area contributed by atoms with Gasteiger partial charge in [0.2, 0.25) is 5.88 Å². The van der Waals surface area contributed by atoms with Crippen LogP contribution in [0.3, 0.4) is 0 Å². The Hall–Kier alpha value is -1.90. The second kappa shape index (κ2) is 5.17. The van der Waals surface area contributed by atoms with Crippen molar-refractivity contribution in [3.63, 3.8) is 0 Å². The maximum Gasteiger partial charge on any atom is 0.233 e. The molecule has 0 atom stereocenters. The van der Waals surface area contributed by atoms with Gasteiger partial charge in [-0.25, -0.2) is 4.98 Å². The zero-order valence-electron chi connectivity index (χ0n) is 11.3. The van der Waals surface area contributed by atoms with Crippen molar-refractivity contribution in [1.82, 2.24) is 9.97 Å². The molecule has 1 heterocycles. The number of benzene rings is 1. The summed E-state index contributed by atoms with van der Waals surface area (Å²) in [7, 11) is 0. The largest absolute Gasteiger partial charge is 0.474 e. The van der Waals surface area contributed by atoms with Crippen LogP contribution in [-0.2, 0) is 0 Å². The SMILES string of the molecule is Cc1cccc(-c2cncc(OC(C)C)n2)c1C. The normalized spacial score (nSPS) is 10.7. The number of rotatable bonds is 3. The minimum Gasteiger partial charge on any atom is -0.474 e. The van der Waals surface area contributed by atoms with Crippen LogP contribution < -0.4 is 4.74 Å². The maximum atomic E-state index is 5.57. The van der Waals surface area contributed by atoms with Crippen LogP contribution in [-0.4, -0.2) is 16.1 Å². The summed E-state index contributed by atoms with van der Waals surface area (Å²) < 4.78 is 5.57. The molecule has 94 valence electrons. The maximum absolute atomic E-state index is 5.57. The summed E-state index contributed by atoms with van der Waals surface area (Å²) >= 11 is 0. The first kappa shape index (κ1) is 12.6. The van der Waals surface area contributed by atoms with E-state index in [-0.39, 0.29) is 6.10 Å². The molecule has 18 heavy (non-hydrogen) atoms. The van der Waals surface area contributed by atoms with Crippen LogP contribution in [0.25, 0.3) is 11.3 Å². The molecule has 0 fully saturated rings. The Bertz CT molecular complexity index is 550. The van der Waals surface area contributed by atoms with E-state index in [1.165, 1.54) is 11.1 Å². The molecule has 0 aliphatic carbocycles. The Labute approximate surface area is 108 Å². The number of ether oxygens (including phenoxy) is 1. The molecule has 3 nitrogen and oxygen atoms in total. The summed E-state index contributed by atoms with van der Waals surface area (Å²) in [4.78, 5) is 8.70. The molecule has 0 amide bonds. The monoisotopic (exact) mass is 242 g/mol. The highest BCUT2D eigenvalue weighted by Gasteiger charge is 2.07. The molecule has 2 aromatic rings. The molecule has 3 heteroatoms. The smallest absolute Gasteiger partial charge is 0.233 e. The van der Waals surface area contributed by atoms with E-state index in [0.717, 1.165) is 11.3 Å². The first-order chi connectivity index (χ1) is 8.58. The molecule has 1 aromatic heterocycles. The summed E-state index contributed by atoms with van der Waals surface area (Å²) in [6.45, 7) is 8.15. The van der Waals surface area contributed by atoms with Crippen LogP contribution in [0.15, 0.2) is 30.6 Å². The van der Waals surface area contributed by atoms with Crippen molar-refractivity contribution in [3.05, 3.63) is 41.7 Å². The van der Waals surface area contributed by atoms with Crippen molar-refractivity contribution in [2.24, 2.45) is 0 Å². The Morgan fingerprint density at radius 1 is 1.11 bits per heavy atom. The lowest BCUT2D eigenvalue weighted by Crippen LogP contribution is -2.07. The molecule has 0 unspecified atom stereocenters. The zero-order valence-corrected chi connectivity index (χ0v) is 11.3. The van der Waals surface area contributed by atoms with Crippen LogP contribution in [0.1, 0.15) is 25.0 Å². The van der Waals surface area contributed by atoms with Crippen molar-refractivity contribution in [1.29, 1.82) is 0 Å². The third-order valence-electron chi connectivity index (χ3n) is 2.85. The summed E-state index contributed by atoms with van der Waals surface area (Å²) in [6.07, 6.45) is 3.53. The lowest BCUT2D eigenvalue weighted by Gasteiger charge is -2.11. The van der Waals surface area contributed by atoms with Gasteiger partial charge in [0.1, 0.15) is 0 Å². The lowest BCUT2D eigenvalue weighted by molar-refractivity contribution is 0.232. The van der Waals surface area contributed by atoms with Gasteiger partial charge in [-0.2, -0.15) is 0 Å². The van der Waals surface area contributed by atoms with Crippen molar-refractivity contribution >= 4 is 0 Å². The van der Waals surface area contributed by atoms with Gasteiger partial charge < -0.3 is 4.74 Å². The summed E-state index contributed by atoms with van der Waals surface area (Å²) in [6, 6.07) is 6.20. The van der Waals surface area contributed by atoms with Gasteiger partial charge in [-0.05, 0) is 38.8 Å². The van der Waals surface area contributed by atoms with Crippen LogP contribution in [0.4, 0.5) is 0 Å². The average Bonchev–Trinajstić information content (AvgIpc) is 2.32. The third kappa shape index (κ3) is 2.67. The van der Waals surface area contributed by atoms with E-state index in [2.05, 4.69) is 35.9 Å². The minimum atomic E-state index is 0.105.